The topological polar surface area (TPSA) is 112 Å². The Kier molecular flexibility index (Phi) is 6.87. The lowest BCUT2D eigenvalue weighted by Crippen LogP contribution is -2.10. The van der Waals surface area contributed by atoms with Crippen LogP contribution in [-0.4, -0.2) is 28.1 Å². The second-order valence-corrected chi connectivity index (χ2v) is 6.18. The highest BCUT2D eigenvalue weighted by molar-refractivity contribution is 5.96. The van der Waals surface area contributed by atoms with E-state index in [0.29, 0.717) is 41.0 Å². The van der Waals surface area contributed by atoms with E-state index in [-0.39, 0.29) is 0 Å². The third-order valence-electron chi connectivity index (χ3n) is 4.13. The van der Waals surface area contributed by atoms with Gasteiger partial charge in [-0.15, -0.1) is 5.92 Å². The van der Waals surface area contributed by atoms with Crippen molar-refractivity contribution in [1.29, 1.82) is 0 Å². The molecule has 0 atom stereocenters. The van der Waals surface area contributed by atoms with Gasteiger partial charge in [0.2, 0.25) is 5.90 Å². The van der Waals surface area contributed by atoms with Crippen LogP contribution in [0.3, 0.4) is 0 Å². The molecule has 0 radical (unpaired) electrons. The van der Waals surface area contributed by atoms with E-state index in [1.807, 2.05) is 48.5 Å². The summed E-state index contributed by atoms with van der Waals surface area (Å²) < 4.78 is 6.09. The number of aromatic nitrogens is 3. The summed E-state index contributed by atoms with van der Waals surface area (Å²) in [6.45, 7) is 2.10. The molecule has 0 saturated carbocycles. The first-order valence-electron chi connectivity index (χ1n) is 9.27. The van der Waals surface area contributed by atoms with Crippen LogP contribution in [0.2, 0.25) is 0 Å². The van der Waals surface area contributed by atoms with Gasteiger partial charge < -0.3 is 16.2 Å². The summed E-state index contributed by atoms with van der Waals surface area (Å²) in [4.78, 5) is 8.45. The molecule has 0 unspecified atom stereocenters. The maximum atomic E-state index is 6.17. The van der Waals surface area contributed by atoms with Crippen molar-refractivity contribution in [3.63, 3.8) is 0 Å². The number of ether oxygens (including phenoxy) is 1. The number of hydrogen-bond donors (Lipinski definition) is 2. The molecule has 0 aliphatic carbocycles. The maximum Gasteiger partial charge on any atom is 0.216 e. The molecule has 3 rings (SSSR count). The number of hydrogen-bond acceptors (Lipinski definition) is 7. The van der Waals surface area contributed by atoms with E-state index < -0.39 is 0 Å². The van der Waals surface area contributed by atoms with Gasteiger partial charge in [-0.05, 0) is 49.4 Å². The first kappa shape index (κ1) is 20.7. The molecule has 7 nitrogen and oxygen atoms in total. The Labute approximate surface area is 175 Å². The lowest BCUT2D eigenvalue weighted by atomic mass is 10.1. The van der Waals surface area contributed by atoms with E-state index in [1.165, 1.54) is 0 Å². The Morgan fingerprint density at radius 2 is 2.03 bits per heavy atom. The SMILES string of the molecule is CC#Cc1ccc(-c2ccc(CN)nn2)c(OC(C=C(N)c2ccccn2)=NC)c1. The zero-order valence-corrected chi connectivity index (χ0v) is 16.8. The quantitative estimate of drug-likeness (QED) is 0.388. The first-order chi connectivity index (χ1) is 14.6. The van der Waals surface area contributed by atoms with E-state index in [4.69, 9.17) is 16.2 Å². The summed E-state index contributed by atoms with van der Waals surface area (Å²) >= 11 is 0. The Morgan fingerprint density at radius 1 is 1.17 bits per heavy atom. The molecule has 150 valence electrons. The Morgan fingerprint density at radius 3 is 2.67 bits per heavy atom. The zero-order chi connectivity index (χ0) is 21.3. The molecule has 2 heterocycles. The van der Waals surface area contributed by atoms with E-state index in [0.717, 1.165) is 11.1 Å². The van der Waals surface area contributed by atoms with Crippen LogP contribution in [0.5, 0.6) is 5.75 Å². The average molecular weight is 398 g/mol. The molecule has 2 aromatic heterocycles. The van der Waals surface area contributed by atoms with Gasteiger partial charge in [-0.3, -0.25) is 9.98 Å². The highest BCUT2D eigenvalue weighted by Gasteiger charge is 2.12. The van der Waals surface area contributed by atoms with Gasteiger partial charge in [-0.1, -0.05) is 12.0 Å². The van der Waals surface area contributed by atoms with Crippen LogP contribution in [0.25, 0.3) is 17.0 Å². The van der Waals surface area contributed by atoms with Crippen LogP contribution in [0.15, 0.2) is 65.8 Å². The molecule has 3 aromatic rings. The van der Waals surface area contributed by atoms with Crippen molar-refractivity contribution >= 4 is 11.6 Å². The van der Waals surface area contributed by atoms with Crippen molar-refractivity contribution in [3.05, 3.63) is 77.8 Å². The third-order valence-corrected chi connectivity index (χ3v) is 4.13. The molecule has 7 heteroatoms. The van der Waals surface area contributed by atoms with Gasteiger partial charge >= 0.3 is 0 Å². The minimum atomic E-state index is 0.325. The normalized spacial score (nSPS) is 11.6. The van der Waals surface area contributed by atoms with Gasteiger partial charge in [0.15, 0.2) is 0 Å². The lowest BCUT2D eigenvalue weighted by molar-refractivity contribution is 0.555. The summed E-state index contributed by atoms with van der Waals surface area (Å²) in [5.74, 6) is 6.78. The van der Waals surface area contributed by atoms with E-state index >= 15 is 0 Å². The van der Waals surface area contributed by atoms with Crippen molar-refractivity contribution in [2.24, 2.45) is 16.5 Å². The molecule has 0 amide bonds. The fourth-order valence-electron chi connectivity index (χ4n) is 2.65. The fourth-order valence-corrected chi connectivity index (χ4v) is 2.65. The van der Waals surface area contributed by atoms with Crippen molar-refractivity contribution in [1.82, 2.24) is 15.2 Å². The van der Waals surface area contributed by atoms with Gasteiger partial charge in [0.05, 0.1) is 22.8 Å². The van der Waals surface area contributed by atoms with Crippen LogP contribution < -0.4 is 16.2 Å². The van der Waals surface area contributed by atoms with Gasteiger partial charge in [0, 0.05) is 37.0 Å². The summed E-state index contributed by atoms with van der Waals surface area (Å²) in [6, 6.07) is 14.8. The van der Waals surface area contributed by atoms with Crippen LogP contribution in [0.1, 0.15) is 23.9 Å². The van der Waals surface area contributed by atoms with Gasteiger partial charge in [0.25, 0.3) is 0 Å². The van der Waals surface area contributed by atoms with Gasteiger partial charge in [-0.25, -0.2) is 0 Å². The predicted molar refractivity (Wildman–Crippen MR) is 118 cm³/mol. The van der Waals surface area contributed by atoms with Crippen molar-refractivity contribution in [3.8, 4) is 28.8 Å². The molecule has 30 heavy (non-hydrogen) atoms. The number of rotatable bonds is 5. The summed E-state index contributed by atoms with van der Waals surface area (Å²) in [6.07, 6.45) is 3.31. The van der Waals surface area contributed by atoms with Gasteiger partial charge in [0.1, 0.15) is 5.75 Å². The minimum absolute atomic E-state index is 0.325. The van der Waals surface area contributed by atoms with Crippen LogP contribution in [-0.2, 0) is 6.54 Å². The second kappa shape index (κ2) is 9.96. The molecular weight excluding hydrogens is 376 g/mol. The number of benzene rings is 1. The van der Waals surface area contributed by atoms with Crippen molar-refractivity contribution < 1.29 is 4.74 Å². The molecule has 0 fully saturated rings. The molecular formula is C23H22N6O. The van der Waals surface area contributed by atoms with Crippen LogP contribution in [0.4, 0.5) is 0 Å². The minimum Gasteiger partial charge on any atom is -0.439 e. The summed E-state index contributed by atoms with van der Waals surface area (Å²) in [5, 5.41) is 8.39. The lowest BCUT2D eigenvalue weighted by Gasteiger charge is -2.12. The highest BCUT2D eigenvalue weighted by atomic mass is 16.5. The van der Waals surface area contributed by atoms with E-state index in [2.05, 4.69) is 32.0 Å². The zero-order valence-electron chi connectivity index (χ0n) is 16.8. The van der Waals surface area contributed by atoms with E-state index in [9.17, 15) is 0 Å². The van der Waals surface area contributed by atoms with E-state index in [1.54, 1.807) is 26.2 Å². The third kappa shape index (κ3) is 5.07. The maximum absolute atomic E-state index is 6.17. The predicted octanol–water partition coefficient (Wildman–Crippen LogP) is 2.78. The number of nitrogens with two attached hydrogens (primary N) is 2. The summed E-state index contributed by atoms with van der Waals surface area (Å²) in [7, 11) is 1.63. The molecule has 0 saturated heterocycles. The molecule has 1 aromatic carbocycles. The van der Waals surface area contributed by atoms with Crippen molar-refractivity contribution in [2.75, 3.05) is 7.05 Å². The molecule has 0 aliphatic rings. The molecule has 0 aliphatic heterocycles. The standard InChI is InChI=1S/C23H22N6O/c1-3-6-16-8-10-18(20-11-9-17(15-24)28-29-20)22(13-16)30-23(26-2)14-19(25)21-7-4-5-12-27-21/h4-5,7-14H,15,24-25H2,1-2H3. The Hall–Kier alpha value is -4.02. The molecule has 0 spiro atoms. The monoisotopic (exact) mass is 398 g/mol. The molecule has 4 N–H and O–H groups in total. The number of pyridine rings is 1. The van der Waals surface area contributed by atoms with Crippen molar-refractivity contribution in [2.45, 2.75) is 13.5 Å². The number of aliphatic imine (C=N–C) groups is 1. The summed E-state index contributed by atoms with van der Waals surface area (Å²) in [5.41, 5.74) is 15.8. The molecule has 0 bridgehead atoms. The van der Waals surface area contributed by atoms with Crippen LogP contribution in [0, 0.1) is 11.8 Å². The smallest absolute Gasteiger partial charge is 0.216 e. The highest BCUT2D eigenvalue weighted by Crippen LogP contribution is 2.30. The Bertz CT molecular complexity index is 1130. The second-order valence-electron chi connectivity index (χ2n) is 6.18. The first-order valence-corrected chi connectivity index (χ1v) is 9.27. The van der Waals surface area contributed by atoms with Crippen LogP contribution >= 0.6 is 0 Å². The number of nitrogens with zero attached hydrogens (tertiary/aromatic N) is 4. The van der Waals surface area contributed by atoms with Gasteiger partial charge in [-0.2, -0.15) is 10.2 Å². The Balaban J connectivity index is 1.99. The largest absolute Gasteiger partial charge is 0.439 e. The average Bonchev–Trinajstić information content (AvgIpc) is 2.79. The fraction of sp³-hybridized carbons (Fsp3) is 0.130.